The van der Waals surface area contributed by atoms with Gasteiger partial charge in [-0.15, -0.1) is 0 Å². The lowest BCUT2D eigenvalue weighted by atomic mass is 10.2. The monoisotopic (exact) mass is 247 g/mol. The molecule has 1 amide bonds. The first-order valence-electron chi connectivity index (χ1n) is 6.69. The lowest BCUT2D eigenvalue weighted by Crippen LogP contribution is -2.08. The summed E-state index contributed by atoms with van der Waals surface area (Å²) in [5.74, 6) is -0.249. The maximum atomic E-state index is 10.5. The van der Waals surface area contributed by atoms with Gasteiger partial charge in [0.2, 0.25) is 5.91 Å². The van der Waals surface area contributed by atoms with E-state index in [1.54, 1.807) is 0 Å². The number of rotatable bonds is 10. The number of hydrogen-bond acceptors (Lipinski definition) is 1. The van der Waals surface area contributed by atoms with Gasteiger partial charge < -0.3 is 5.73 Å². The molecule has 0 aliphatic carbocycles. The third kappa shape index (κ3) is 14.4. The van der Waals surface area contributed by atoms with E-state index in [9.17, 15) is 4.79 Å². The van der Waals surface area contributed by atoms with Crippen LogP contribution >= 0.6 is 0 Å². The van der Waals surface area contributed by atoms with Crippen LogP contribution in [0, 0.1) is 0 Å². The Bertz CT molecular complexity index is 311. The van der Waals surface area contributed by atoms with Crippen molar-refractivity contribution >= 4 is 5.91 Å². The molecule has 0 aliphatic rings. The summed E-state index contributed by atoms with van der Waals surface area (Å²) in [6, 6.07) is 0. The molecule has 100 valence electrons. The molecule has 0 aromatic heterocycles. The largest absolute Gasteiger partial charge is 0.370 e. The molecule has 0 saturated heterocycles. The average Bonchev–Trinajstić information content (AvgIpc) is 2.34. The van der Waals surface area contributed by atoms with Crippen LogP contribution in [0.3, 0.4) is 0 Å². The quantitative estimate of drug-likeness (QED) is 0.353. The van der Waals surface area contributed by atoms with Crippen molar-refractivity contribution in [3.8, 4) is 0 Å². The molecule has 0 saturated carbocycles. The zero-order chi connectivity index (χ0) is 13.5. The van der Waals surface area contributed by atoms with Crippen molar-refractivity contribution in [2.24, 2.45) is 5.73 Å². The predicted octanol–water partition coefficient (Wildman–Crippen LogP) is 4.06. The molecular formula is C16H25NO. The van der Waals surface area contributed by atoms with Gasteiger partial charge in [0.25, 0.3) is 0 Å². The molecule has 0 atom stereocenters. The van der Waals surface area contributed by atoms with Gasteiger partial charge in [0.1, 0.15) is 0 Å². The smallest absolute Gasteiger partial charge is 0.217 e. The van der Waals surface area contributed by atoms with Crippen molar-refractivity contribution in [3.63, 3.8) is 0 Å². The number of allylic oxidation sites excluding steroid dienone is 8. The van der Waals surface area contributed by atoms with Crippen LogP contribution in [0.15, 0.2) is 48.6 Å². The molecule has 0 aromatic carbocycles. The third-order valence-electron chi connectivity index (χ3n) is 2.31. The van der Waals surface area contributed by atoms with E-state index in [4.69, 9.17) is 5.73 Å². The lowest BCUT2D eigenvalue weighted by molar-refractivity contribution is -0.117. The van der Waals surface area contributed by atoms with Crippen LogP contribution in [0.5, 0.6) is 0 Å². The van der Waals surface area contributed by atoms with Crippen molar-refractivity contribution in [2.75, 3.05) is 0 Å². The zero-order valence-electron chi connectivity index (χ0n) is 11.3. The molecule has 0 unspecified atom stereocenters. The Hall–Kier alpha value is -1.57. The highest BCUT2D eigenvalue weighted by Crippen LogP contribution is 1.99. The summed E-state index contributed by atoms with van der Waals surface area (Å²) in [5.41, 5.74) is 5.02. The molecule has 0 bridgehead atoms. The van der Waals surface area contributed by atoms with E-state index < -0.39 is 0 Å². The Kier molecular flexibility index (Phi) is 12.3. The van der Waals surface area contributed by atoms with Gasteiger partial charge in [-0.25, -0.2) is 0 Å². The zero-order valence-corrected chi connectivity index (χ0v) is 11.3. The maximum absolute atomic E-state index is 10.5. The van der Waals surface area contributed by atoms with Crippen LogP contribution in [-0.4, -0.2) is 5.91 Å². The molecule has 18 heavy (non-hydrogen) atoms. The summed E-state index contributed by atoms with van der Waals surface area (Å²) in [6.07, 6.45) is 22.3. The van der Waals surface area contributed by atoms with E-state index >= 15 is 0 Å². The molecule has 0 radical (unpaired) electrons. The third-order valence-corrected chi connectivity index (χ3v) is 2.31. The Morgan fingerprint density at radius 1 is 0.889 bits per heavy atom. The maximum Gasteiger partial charge on any atom is 0.217 e. The summed E-state index contributed by atoms with van der Waals surface area (Å²) in [5, 5.41) is 0. The summed E-state index contributed by atoms with van der Waals surface area (Å²) < 4.78 is 0. The minimum atomic E-state index is -0.249. The molecule has 2 nitrogen and oxygen atoms in total. The fourth-order valence-corrected chi connectivity index (χ4v) is 1.34. The minimum absolute atomic E-state index is 0.249. The summed E-state index contributed by atoms with van der Waals surface area (Å²) in [7, 11) is 0. The summed E-state index contributed by atoms with van der Waals surface area (Å²) in [4.78, 5) is 10.5. The number of unbranched alkanes of at least 4 members (excludes halogenated alkanes) is 2. The van der Waals surface area contributed by atoms with E-state index in [2.05, 4.69) is 31.2 Å². The van der Waals surface area contributed by atoms with Gasteiger partial charge >= 0.3 is 0 Å². The van der Waals surface area contributed by atoms with Gasteiger partial charge in [-0.2, -0.15) is 0 Å². The van der Waals surface area contributed by atoms with Crippen molar-refractivity contribution in [1.29, 1.82) is 0 Å². The Morgan fingerprint density at radius 3 is 2.11 bits per heavy atom. The lowest BCUT2D eigenvalue weighted by Gasteiger charge is -1.88. The Morgan fingerprint density at radius 2 is 1.50 bits per heavy atom. The molecular weight excluding hydrogens is 222 g/mol. The first-order chi connectivity index (χ1) is 8.77. The first-order valence-corrected chi connectivity index (χ1v) is 6.69. The molecule has 2 N–H and O–H groups in total. The number of hydrogen-bond donors (Lipinski definition) is 1. The highest BCUT2D eigenvalue weighted by Gasteiger charge is 1.87. The van der Waals surface area contributed by atoms with E-state index in [1.165, 1.54) is 6.42 Å². The van der Waals surface area contributed by atoms with Gasteiger partial charge in [-0.1, -0.05) is 55.5 Å². The van der Waals surface area contributed by atoms with E-state index in [0.717, 1.165) is 19.3 Å². The minimum Gasteiger partial charge on any atom is -0.370 e. The molecule has 0 fully saturated rings. The van der Waals surface area contributed by atoms with Crippen LogP contribution < -0.4 is 5.73 Å². The van der Waals surface area contributed by atoms with Crippen LogP contribution in [-0.2, 0) is 4.79 Å². The Balaban J connectivity index is 3.45. The molecule has 0 aromatic rings. The second-order valence-corrected chi connectivity index (χ2v) is 4.06. The van der Waals surface area contributed by atoms with E-state index in [1.807, 2.05) is 24.3 Å². The van der Waals surface area contributed by atoms with Crippen LogP contribution in [0.4, 0.5) is 0 Å². The summed E-state index contributed by atoms with van der Waals surface area (Å²) in [6.45, 7) is 2.15. The molecule has 2 heteroatoms. The van der Waals surface area contributed by atoms with Crippen LogP contribution in [0.2, 0.25) is 0 Å². The van der Waals surface area contributed by atoms with Gasteiger partial charge in [0.05, 0.1) is 0 Å². The number of amides is 1. The standard InChI is InChI=1S/C16H25NO/c1-2-3-4-5-6-7-8-9-10-11-12-13-14-15-16(17)18/h3-4,8-13H,2,5-7,14-15H2,1H3,(H2,17,18)/b4-3+,9-8+,11-10+,13-12+. The fraction of sp³-hybridized carbons (Fsp3) is 0.438. The second-order valence-electron chi connectivity index (χ2n) is 4.06. The predicted molar refractivity (Wildman–Crippen MR) is 79.1 cm³/mol. The average molecular weight is 247 g/mol. The van der Waals surface area contributed by atoms with Gasteiger partial charge in [-0.05, 0) is 32.1 Å². The number of primary amides is 1. The molecule has 0 rings (SSSR count). The van der Waals surface area contributed by atoms with Gasteiger partial charge in [-0.3, -0.25) is 4.79 Å². The first kappa shape index (κ1) is 16.4. The summed E-state index contributed by atoms with van der Waals surface area (Å²) >= 11 is 0. The van der Waals surface area contributed by atoms with Crippen molar-refractivity contribution in [1.82, 2.24) is 0 Å². The van der Waals surface area contributed by atoms with E-state index in [-0.39, 0.29) is 5.91 Å². The van der Waals surface area contributed by atoms with Crippen molar-refractivity contribution in [2.45, 2.75) is 45.4 Å². The molecule has 0 heterocycles. The Labute approximate surface area is 111 Å². The highest BCUT2D eigenvalue weighted by molar-refractivity contribution is 5.73. The van der Waals surface area contributed by atoms with Crippen molar-refractivity contribution in [3.05, 3.63) is 48.6 Å². The van der Waals surface area contributed by atoms with Crippen LogP contribution in [0.1, 0.15) is 45.4 Å². The van der Waals surface area contributed by atoms with E-state index in [0.29, 0.717) is 12.8 Å². The van der Waals surface area contributed by atoms with Crippen LogP contribution in [0.25, 0.3) is 0 Å². The highest BCUT2D eigenvalue weighted by atomic mass is 16.1. The SMILES string of the molecule is CC/C=C/CCC/C=C/C=C/C=C/CCC(N)=O. The second kappa shape index (κ2) is 13.5. The fourth-order valence-electron chi connectivity index (χ4n) is 1.34. The number of carbonyl (C=O) groups excluding carboxylic acids is 1. The van der Waals surface area contributed by atoms with Gasteiger partial charge in [0.15, 0.2) is 0 Å². The normalized spacial score (nSPS) is 12.5. The number of carbonyl (C=O) groups is 1. The number of nitrogens with two attached hydrogens (primary N) is 1. The van der Waals surface area contributed by atoms with Crippen molar-refractivity contribution < 1.29 is 4.79 Å². The topological polar surface area (TPSA) is 43.1 Å². The molecule has 0 spiro atoms. The molecule has 0 aliphatic heterocycles. The van der Waals surface area contributed by atoms with Gasteiger partial charge in [0, 0.05) is 6.42 Å².